The van der Waals surface area contributed by atoms with Gasteiger partial charge in [0.1, 0.15) is 5.69 Å². The van der Waals surface area contributed by atoms with Gasteiger partial charge in [-0.3, -0.25) is 4.79 Å². The monoisotopic (exact) mass is 341 g/mol. The second-order valence-corrected chi connectivity index (χ2v) is 7.81. The van der Waals surface area contributed by atoms with Gasteiger partial charge in [0.15, 0.2) is 10.8 Å². The van der Waals surface area contributed by atoms with Gasteiger partial charge in [0.25, 0.3) is 5.91 Å². The van der Waals surface area contributed by atoms with E-state index in [1.165, 1.54) is 21.9 Å². The highest BCUT2D eigenvalue weighted by molar-refractivity contribution is 7.88. The lowest BCUT2D eigenvalue weighted by atomic mass is 10.3. The lowest BCUT2D eigenvalue weighted by molar-refractivity contribution is 0.0693. The number of hydrogen-bond donors (Lipinski definition) is 0. The fraction of sp³-hybridized carbons (Fsp3) is 0.385. The minimum Gasteiger partial charge on any atom is -0.462 e. The van der Waals surface area contributed by atoms with Crippen LogP contribution in [0.1, 0.15) is 10.5 Å². The van der Waals surface area contributed by atoms with Crippen molar-refractivity contribution in [2.24, 2.45) is 0 Å². The van der Waals surface area contributed by atoms with E-state index in [4.69, 9.17) is 4.42 Å². The van der Waals surface area contributed by atoms with Gasteiger partial charge in [-0.1, -0.05) is 0 Å². The number of aromatic nitrogens is 1. The van der Waals surface area contributed by atoms with Crippen LogP contribution in [0.3, 0.4) is 0 Å². The first-order valence-electron chi connectivity index (χ1n) is 6.69. The van der Waals surface area contributed by atoms with Gasteiger partial charge in [0.05, 0.1) is 12.5 Å². The molecular formula is C13H15N3O4S2. The van der Waals surface area contributed by atoms with E-state index >= 15 is 0 Å². The van der Waals surface area contributed by atoms with Crippen LogP contribution in [0.25, 0.3) is 10.8 Å². The number of nitrogens with zero attached hydrogens (tertiary/aromatic N) is 3. The van der Waals surface area contributed by atoms with Crippen LogP contribution in [0.15, 0.2) is 28.2 Å². The molecule has 0 atom stereocenters. The zero-order valence-electron chi connectivity index (χ0n) is 11.9. The molecule has 1 amide bonds. The summed E-state index contributed by atoms with van der Waals surface area (Å²) >= 11 is 1.35. The molecule has 0 N–H and O–H groups in total. The highest BCUT2D eigenvalue weighted by atomic mass is 32.2. The maximum absolute atomic E-state index is 12.4. The van der Waals surface area contributed by atoms with Gasteiger partial charge in [0, 0.05) is 31.6 Å². The predicted molar refractivity (Wildman–Crippen MR) is 82.1 cm³/mol. The molecule has 3 heterocycles. The van der Waals surface area contributed by atoms with E-state index < -0.39 is 10.0 Å². The molecule has 2 aromatic rings. The molecule has 118 valence electrons. The van der Waals surface area contributed by atoms with Gasteiger partial charge in [-0.25, -0.2) is 13.4 Å². The molecule has 9 heteroatoms. The van der Waals surface area contributed by atoms with Gasteiger partial charge in [-0.15, -0.1) is 11.3 Å². The van der Waals surface area contributed by atoms with Crippen molar-refractivity contribution < 1.29 is 17.6 Å². The van der Waals surface area contributed by atoms with Crippen molar-refractivity contribution in [3.63, 3.8) is 0 Å². The van der Waals surface area contributed by atoms with Crippen molar-refractivity contribution in [1.29, 1.82) is 0 Å². The minimum absolute atomic E-state index is 0.179. The molecule has 1 saturated heterocycles. The molecule has 7 nitrogen and oxygen atoms in total. The molecule has 0 aromatic carbocycles. The fourth-order valence-corrected chi connectivity index (χ4v) is 3.86. The summed E-state index contributed by atoms with van der Waals surface area (Å²) in [5, 5.41) is 2.35. The summed E-state index contributed by atoms with van der Waals surface area (Å²) in [4.78, 5) is 18.3. The van der Waals surface area contributed by atoms with Crippen LogP contribution in [-0.4, -0.2) is 60.9 Å². The summed E-state index contributed by atoms with van der Waals surface area (Å²) < 4.78 is 29.6. The quantitative estimate of drug-likeness (QED) is 0.835. The Morgan fingerprint density at radius 1 is 1.32 bits per heavy atom. The Kier molecular flexibility index (Phi) is 4.02. The SMILES string of the molecule is CS(=O)(=O)N1CCN(C(=O)c2csc(-c3ccco3)n2)CC1. The van der Waals surface area contributed by atoms with Crippen LogP contribution < -0.4 is 0 Å². The molecular weight excluding hydrogens is 326 g/mol. The normalized spacial score (nSPS) is 16.9. The highest BCUT2D eigenvalue weighted by Crippen LogP contribution is 2.24. The number of sulfonamides is 1. The summed E-state index contributed by atoms with van der Waals surface area (Å²) in [5.74, 6) is 0.452. The highest BCUT2D eigenvalue weighted by Gasteiger charge is 2.27. The third-order valence-electron chi connectivity index (χ3n) is 3.45. The van der Waals surface area contributed by atoms with Gasteiger partial charge < -0.3 is 9.32 Å². The molecule has 22 heavy (non-hydrogen) atoms. The molecule has 1 fully saturated rings. The molecule has 3 rings (SSSR count). The van der Waals surface area contributed by atoms with Crippen molar-refractivity contribution in [3.8, 4) is 10.8 Å². The van der Waals surface area contributed by atoms with Crippen molar-refractivity contribution in [2.45, 2.75) is 0 Å². The Morgan fingerprint density at radius 3 is 2.64 bits per heavy atom. The number of piperazine rings is 1. The summed E-state index contributed by atoms with van der Waals surface area (Å²) in [5.41, 5.74) is 0.365. The van der Waals surface area contributed by atoms with Gasteiger partial charge in [-0.2, -0.15) is 4.31 Å². The van der Waals surface area contributed by atoms with E-state index in [-0.39, 0.29) is 5.91 Å². The average Bonchev–Trinajstić information content (AvgIpc) is 3.16. The third kappa shape index (κ3) is 3.06. The Morgan fingerprint density at radius 2 is 2.05 bits per heavy atom. The molecule has 0 spiro atoms. The largest absolute Gasteiger partial charge is 0.462 e. The maximum Gasteiger partial charge on any atom is 0.273 e. The number of hydrogen-bond acceptors (Lipinski definition) is 6. The first-order valence-corrected chi connectivity index (χ1v) is 9.42. The van der Waals surface area contributed by atoms with E-state index in [0.717, 1.165) is 0 Å². The first-order chi connectivity index (χ1) is 10.4. The van der Waals surface area contributed by atoms with Gasteiger partial charge in [0.2, 0.25) is 10.0 Å². The Labute approximate surface area is 132 Å². The van der Waals surface area contributed by atoms with Gasteiger partial charge >= 0.3 is 0 Å². The first kappa shape index (κ1) is 15.2. The average molecular weight is 341 g/mol. The summed E-state index contributed by atoms with van der Waals surface area (Å²) in [6.07, 6.45) is 2.74. The fourth-order valence-electron chi connectivity index (χ4n) is 2.27. The van der Waals surface area contributed by atoms with Crippen LogP contribution in [-0.2, 0) is 10.0 Å². The third-order valence-corrected chi connectivity index (χ3v) is 5.61. The molecule has 0 radical (unpaired) electrons. The van der Waals surface area contributed by atoms with E-state index in [2.05, 4.69) is 4.98 Å². The van der Waals surface area contributed by atoms with Crippen LogP contribution >= 0.6 is 11.3 Å². The molecule has 0 bridgehead atoms. The number of carbonyl (C=O) groups is 1. The Bertz CT molecular complexity index is 759. The number of furan rings is 1. The second-order valence-electron chi connectivity index (χ2n) is 4.97. The molecule has 0 saturated carbocycles. The lowest BCUT2D eigenvalue weighted by Crippen LogP contribution is -2.50. The van der Waals surface area contributed by atoms with E-state index in [1.54, 1.807) is 28.7 Å². The van der Waals surface area contributed by atoms with Crippen molar-refractivity contribution in [2.75, 3.05) is 32.4 Å². The van der Waals surface area contributed by atoms with Crippen molar-refractivity contribution in [1.82, 2.24) is 14.2 Å². The summed E-state index contributed by atoms with van der Waals surface area (Å²) in [6.45, 7) is 1.39. The van der Waals surface area contributed by atoms with Crippen LogP contribution in [0.2, 0.25) is 0 Å². The number of amides is 1. The van der Waals surface area contributed by atoms with Crippen molar-refractivity contribution in [3.05, 3.63) is 29.5 Å². The number of rotatable bonds is 3. The Balaban J connectivity index is 1.68. The maximum atomic E-state index is 12.4. The number of carbonyl (C=O) groups excluding carboxylic acids is 1. The second kappa shape index (κ2) is 5.82. The topological polar surface area (TPSA) is 83.7 Å². The van der Waals surface area contributed by atoms with Crippen LogP contribution in [0.5, 0.6) is 0 Å². The zero-order chi connectivity index (χ0) is 15.7. The zero-order valence-corrected chi connectivity index (χ0v) is 13.6. The smallest absolute Gasteiger partial charge is 0.273 e. The van der Waals surface area contributed by atoms with E-state index in [9.17, 15) is 13.2 Å². The van der Waals surface area contributed by atoms with Crippen molar-refractivity contribution >= 4 is 27.3 Å². The van der Waals surface area contributed by atoms with Crippen LogP contribution in [0.4, 0.5) is 0 Å². The van der Waals surface area contributed by atoms with Gasteiger partial charge in [-0.05, 0) is 12.1 Å². The minimum atomic E-state index is -3.20. The summed E-state index contributed by atoms with van der Waals surface area (Å²) in [7, 11) is -3.20. The molecule has 2 aromatic heterocycles. The lowest BCUT2D eigenvalue weighted by Gasteiger charge is -2.32. The van der Waals surface area contributed by atoms with E-state index in [0.29, 0.717) is 42.6 Å². The molecule has 1 aliphatic rings. The predicted octanol–water partition coefficient (Wildman–Crippen LogP) is 1.12. The molecule has 0 unspecified atom stereocenters. The molecule has 0 aliphatic carbocycles. The molecule has 1 aliphatic heterocycles. The summed E-state index contributed by atoms with van der Waals surface area (Å²) in [6, 6.07) is 3.56. The van der Waals surface area contributed by atoms with Crippen LogP contribution in [0, 0.1) is 0 Å². The standard InChI is InChI=1S/C13H15N3O4S2/c1-22(18,19)16-6-4-15(5-7-16)13(17)10-9-21-12(14-10)11-3-2-8-20-11/h2-3,8-9H,4-7H2,1H3. The van der Waals surface area contributed by atoms with E-state index in [1.807, 2.05) is 0 Å². The Hall–Kier alpha value is -1.71. The number of thiazole rings is 1.